The first-order valence-electron chi connectivity index (χ1n) is 10.1. The lowest BCUT2D eigenvalue weighted by atomic mass is 9.59. The zero-order valence-corrected chi connectivity index (χ0v) is 18.0. The molecule has 2 bridgehead atoms. The summed E-state index contributed by atoms with van der Waals surface area (Å²) in [5.41, 5.74) is -1.14. The zero-order chi connectivity index (χ0) is 21.4. The molecule has 0 spiro atoms. The molecular formula is C20H25ClFN3O4S. The monoisotopic (exact) mass is 457 g/mol. The number of hydrogen-bond donors (Lipinski definition) is 4. The van der Waals surface area contributed by atoms with E-state index < -0.39 is 23.0 Å². The number of rotatable bonds is 6. The number of carbonyl (C=O) groups is 2. The van der Waals surface area contributed by atoms with Gasteiger partial charge in [0.05, 0.1) is 22.7 Å². The Morgan fingerprint density at radius 3 is 2.70 bits per heavy atom. The number of nitrogens with one attached hydrogen (secondary N) is 3. The van der Waals surface area contributed by atoms with Gasteiger partial charge in [-0.25, -0.2) is 4.39 Å². The molecule has 10 heteroatoms. The van der Waals surface area contributed by atoms with E-state index in [9.17, 15) is 19.1 Å². The van der Waals surface area contributed by atoms with Crippen LogP contribution in [-0.4, -0.2) is 52.5 Å². The van der Waals surface area contributed by atoms with Crippen molar-refractivity contribution in [3.05, 3.63) is 29.0 Å². The first-order chi connectivity index (χ1) is 14.3. The van der Waals surface area contributed by atoms with E-state index in [1.807, 2.05) is 0 Å². The van der Waals surface area contributed by atoms with Crippen molar-refractivity contribution in [3.8, 4) is 5.75 Å². The zero-order valence-electron chi connectivity index (χ0n) is 16.4. The van der Waals surface area contributed by atoms with Gasteiger partial charge in [-0.2, -0.15) is 0 Å². The Kier molecular flexibility index (Phi) is 6.16. The third kappa shape index (κ3) is 4.39. The van der Waals surface area contributed by atoms with Gasteiger partial charge in [0.15, 0.2) is 6.61 Å². The third-order valence-electron chi connectivity index (χ3n) is 6.41. The van der Waals surface area contributed by atoms with Crippen molar-refractivity contribution >= 4 is 35.4 Å². The predicted molar refractivity (Wildman–Crippen MR) is 112 cm³/mol. The molecule has 4 fully saturated rings. The number of hydrogen-bond acceptors (Lipinski definition) is 6. The number of halogens is 2. The molecule has 30 heavy (non-hydrogen) atoms. The Balaban J connectivity index is 1.32. The summed E-state index contributed by atoms with van der Waals surface area (Å²) < 4.78 is 22.0. The van der Waals surface area contributed by atoms with Gasteiger partial charge in [-0.15, -0.1) is 0 Å². The number of carbonyl (C=O) groups excluding carboxylic acids is 2. The van der Waals surface area contributed by atoms with Gasteiger partial charge in [0, 0.05) is 17.4 Å². The number of benzene rings is 1. The lowest BCUT2D eigenvalue weighted by Gasteiger charge is -2.56. The molecular weight excluding hydrogens is 433 g/mol. The average Bonchev–Trinajstić information content (AvgIpc) is 3.25. The van der Waals surface area contributed by atoms with Crippen molar-refractivity contribution in [1.29, 1.82) is 0 Å². The summed E-state index contributed by atoms with van der Waals surface area (Å²) in [5, 5.41) is 16.9. The van der Waals surface area contributed by atoms with Crippen LogP contribution >= 0.6 is 23.5 Å². The fourth-order valence-corrected chi connectivity index (χ4v) is 5.63. The van der Waals surface area contributed by atoms with Crippen LogP contribution in [0.2, 0.25) is 5.02 Å². The van der Waals surface area contributed by atoms with Crippen LogP contribution in [0.15, 0.2) is 18.2 Å². The van der Waals surface area contributed by atoms with Gasteiger partial charge >= 0.3 is 0 Å². The van der Waals surface area contributed by atoms with Crippen LogP contribution in [0.4, 0.5) is 4.39 Å². The van der Waals surface area contributed by atoms with Crippen molar-refractivity contribution < 1.29 is 23.8 Å². The van der Waals surface area contributed by atoms with E-state index in [1.54, 1.807) is 11.9 Å². The minimum absolute atomic E-state index is 0.0173. The van der Waals surface area contributed by atoms with Crippen molar-refractivity contribution in [1.82, 2.24) is 15.4 Å². The van der Waals surface area contributed by atoms with Gasteiger partial charge in [0.1, 0.15) is 11.6 Å². The van der Waals surface area contributed by atoms with E-state index >= 15 is 0 Å². The van der Waals surface area contributed by atoms with Crippen LogP contribution in [0.25, 0.3) is 0 Å². The summed E-state index contributed by atoms with van der Waals surface area (Å²) in [7, 11) is 0. The quantitative estimate of drug-likeness (QED) is 0.487. The second kappa shape index (κ2) is 8.53. The van der Waals surface area contributed by atoms with Gasteiger partial charge in [0.25, 0.3) is 5.91 Å². The standard InChI is InChI=1S/C20H25ClFN3O4S/c21-13-2-1-12(9-14(13)22)29-11-17(27)23-20-6-4-19(5-7-20,10-16(20)26)24-18(28)15-3-8-30-25-15/h1-2,9,15-16,25-26H,3-8,10-11H2,(H,23,27)(H,24,28)/t15?,16-,19?,20?/m0/s1. The molecule has 4 aliphatic rings. The SMILES string of the molecule is O=C(COc1ccc(Cl)c(F)c1)NC12CCC(NC(=O)C3CCSN3)(CC1)C[C@@H]2O. The molecule has 1 heterocycles. The molecule has 3 aliphatic carbocycles. The molecule has 0 aromatic heterocycles. The number of aliphatic hydroxyl groups excluding tert-OH is 1. The van der Waals surface area contributed by atoms with Crippen molar-refractivity contribution in [2.45, 2.75) is 61.7 Å². The molecule has 1 unspecified atom stereocenters. The first kappa shape index (κ1) is 21.7. The van der Waals surface area contributed by atoms with Crippen molar-refractivity contribution in [2.24, 2.45) is 0 Å². The molecule has 5 rings (SSSR count). The van der Waals surface area contributed by atoms with Crippen LogP contribution < -0.4 is 20.1 Å². The molecule has 3 saturated carbocycles. The van der Waals surface area contributed by atoms with Crippen LogP contribution in [0, 0.1) is 5.82 Å². The van der Waals surface area contributed by atoms with E-state index in [1.165, 1.54) is 12.1 Å². The number of amides is 2. The Morgan fingerprint density at radius 1 is 1.30 bits per heavy atom. The number of aliphatic hydroxyl groups is 1. The maximum absolute atomic E-state index is 13.5. The maximum atomic E-state index is 13.5. The number of ether oxygens (including phenoxy) is 1. The van der Waals surface area contributed by atoms with Crippen molar-refractivity contribution in [3.63, 3.8) is 0 Å². The minimum Gasteiger partial charge on any atom is -0.484 e. The van der Waals surface area contributed by atoms with E-state index in [0.29, 0.717) is 32.1 Å². The molecule has 2 atom stereocenters. The van der Waals surface area contributed by atoms with Gasteiger partial charge in [-0.05, 0) is 50.7 Å². The maximum Gasteiger partial charge on any atom is 0.258 e. The van der Waals surface area contributed by atoms with E-state index in [-0.39, 0.29) is 35.2 Å². The van der Waals surface area contributed by atoms with Crippen LogP contribution in [0.5, 0.6) is 5.75 Å². The summed E-state index contributed by atoms with van der Waals surface area (Å²) in [6, 6.07) is 3.79. The fourth-order valence-electron chi connectivity index (χ4n) is 4.62. The van der Waals surface area contributed by atoms with Gasteiger partial charge < -0.3 is 20.5 Å². The molecule has 164 valence electrons. The van der Waals surface area contributed by atoms with Gasteiger partial charge in [-0.1, -0.05) is 23.5 Å². The van der Waals surface area contributed by atoms with Gasteiger partial charge in [-0.3, -0.25) is 14.3 Å². The summed E-state index contributed by atoms with van der Waals surface area (Å²) in [5.74, 6) is 0.100. The predicted octanol–water partition coefficient (Wildman–Crippen LogP) is 1.92. The van der Waals surface area contributed by atoms with E-state index in [0.717, 1.165) is 18.2 Å². The van der Waals surface area contributed by atoms with E-state index in [2.05, 4.69) is 15.4 Å². The summed E-state index contributed by atoms with van der Waals surface area (Å²) in [4.78, 5) is 25.0. The fraction of sp³-hybridized carbons (Fsp3) is 0.600. The summed E-state index contributed by atoms with van der Waals surface area (Å²) in [6.45, 7) is -0.289. The Bertz CT molecular complexity index is 828. The van der Waals surface area contributed by atoms with E-state index in [4.69, 9.17) is 16.3 Å². The largest absolute Gasteiger partial charge is 0.484 e. The highest BCUT2D eigenvalue weighted by Gasteiger charge is 2.55. The molecule has 4 N–H and O–H groups in total. The van der Waals surface area contributed by atoms with Crippen LogP contribution in [-0.2, 0) is 9.59 Å². The summed E-state index contributed by atoms with van der Waals surface area (Å²) >= 11 is 7.19. The molecule has 1 saturated heterocycles. The average molecular weight is 458 g/mol. The minimum atomic E-state index is -0.761. The highest BCUT2D eigenvalue weighted by molar-refractivity contribution is 7.97. The van der Waals surface area contributed by atoms with Crippen LogP contribution in [0.3, 0.4) is 0 Å². The summed E-state index contributed by atoms with van der Waals surface area (Å²) in [6.07, 6.45) is 2.97. The second-order valence-corrected chi connectivity index (χ2v) is 9.71. The third-order valence-corrected chi connectivity index (χ3v) is 7.61. The molecule has 2 amide bonds. The smallest absolute Gasteiger partial charge is 0.258 e. The lowest BCUT2D eigenvalue weighted by Crippen LogP contribution is -2.71. The molecule has 1 aromatic carbocycles. The Labute approximate surface area is 183 Å². The molecule has 7 nitrogen and oxygen atoms in total. The molecule has 0 radical (unpaired) electrons. The highest BCUT2D eigenvalue weighted by atomic mass is 35.5. The number of fused-ring (bicyclic) bond motifs is 3. The van der Waals surface area contributed by atoms with Gasteiger partial charge in [0.2, 0.25) is 5.91 Å². The molecule has 1 aromatic rings. The van der Waals surface area contributed by atoms with Crippen molar-refractivity contribution in [2.75, 3.05) is 12.4 Å². The first-order valence-corrected chi connectivity index (χ1v) is 11.4. The highest BCUT2D eigenvalue weighted by Crippen LogP contribution is 2.47. The Morgan fingerprint density at radius 2 is 2.07 bits per heavy atom. The lowest BCUT2D eigenvalue weighted by molar-refractivity contribution is -0.136. The normalized spacial score (nSPS) is 32.6. The second-order valence-electron chi connectivity index (χ2n) is 8.37. The molecule has 1 aliphatic heterocycles. The topological polar surface area (TPSA) is 99.7 Å². The Hall–Kier alpha value is -1.55. The van der Waals surface area contributed by atoms with Crippen LogP contribution in [0.1, 0.15) is 38.5 Å².